The van der Waals surface area contributed by atoms with Gasteiger partial charge < -0.3 is 15.4 Å². The van der Waals surface area contributed by atoms with Crippen molar-refractivity contribution in [3.63, 3.8) is 0 Å². The predicted octanol–water partition coefficient (Wildman–Crippen LogP) is 3.62. The molecule has 0 aliphatic heterocycles. The predicted molar refractivity (Wildman–Crippen MR) is 92.4 cm³/mol. The molecule has 0 unspecified atom stereocenters. The van der Waals surface area contributed by atoms with E-state index in [9.17, 15) is 0 Å². The van der Waals surface area contributed by atoms with Crippen LogP contribution in [0.1, 0.15) is 11.1 Å². The normalized spacial score (nSPS) is 10.2. The first kappa shape index (κ1) is 15.6. The number of nitrogens with two attached hydrogens (primary N) is 1. The number of benzene rings is 2. The molecular weight excluding hydrogens is 304 g/mol. The Labute approximate surface area is 135 Å². The Kier molecular flexibility index (Phi) is 5.04. The van der Waals surface area contributed by atoms with Crippen LogP contribution in [0.3, 0.4) is 0 Å². The molecule has 0 aromatic heterocycles. The minimum atomic E-state index is 0.338. The zero-order chi connectivity index (χ0) is 15.4. The van der Waals surface area contributed by atoms with Crippen LogP contribution >= 0.6 is 23.8 Å². The van der Waals surface area contributed by atoms with Crippen LogP contribution in [0, 0.1) is 0 Å². The summed E-state index contributed by atoms with van der Waals surface area (Å²) < 4.78 is 5.24. The molecule has 0 fully saturated rings. The van der Waals surface area contributed by atoms with Gasteiger partial charge >= 0.3 is 0 Å². The lowest BCUT2D eigenvalue weighted by molar-refractivity contribution is 0.414. The van der Waals surface area contributed by atoms with Crippen molar-refractivity contribution in [3.8, 4) is 5.75 Å². The highest BCUT2D eigenvalue weighted by Crippen LogP contribution is 2.25. The van der Waals surface area contributed by atoms with Gasteiger partial charge in [-0.2, -0.15) is 0 Å². The van der Waals surface area contributed by atoms with Crippen LogP contribution in [0.4, 0.5) is 5.69 Å². The highest BCUT2D eigenvalue weighted by Gasteiger charge is 2.11. The maximum atomic E-state index is 6.02. The van der Waals surface area contributed by atoms with Gasteiger partial charge in [-0.1, -0.05) is 36.0 Å². The first-order chi connectivity index (χ1) is 10.0. The summed E-state index contributed by atoms with van der Waals surface area (Å²) >= 11 is 11.1. The van der Waals surface area contributed by atoms with Crippen molar-refractivity contribution in [2.75, 3.05) is 19.1 Å². The van der Waals surface area contributed by atoms with E-state index in [4.69, 9.17) is 34.3 Å². The smallest absolute Gasteiger partial charge is 0.119 e. The van der Waals surface area contributed by atoms with Gasteiger partial charge in [-0.15, -0.1) is 0 Å². The van der Waals surface area contributed by atoms with Crippen molar-refractivity contribution in [3.05, 3.63) is 58.6 Å². The molecule has 2 rings (SSSR count). The third-order valence-corrected chi connectivity index (χ3v) is 3.64. The van der Waals surface area contributed by atoms with E-state index in [1.54, 1.807) is 13.2 Å². The van der Waals surface area contributed by atoms with Gasteiger partial charge in [-0.3, -0.25) is 0 Å². The van der Waals surface area contributed by atoms with Crippen LogP contribution in [0.25, 0.3) is 0 Å². The zero-order valence-corrected chi connectivity index (χ0v) is 13.5. The molecule has 0 bridgehead atoms. The number of rotatable bonds is 5. The highest BCUT2D eigenvalue weighted by molar-refractivity contribution is 7.80. The van der Waals surface area contributed by atoms with E-state index in [2.05, 4.69) is 11.0 Å². The third kappa shape index (κ3) is 3.86. The zero-order valence-electron chi connectivity index (χ0n) is 12.0. The Morgan fingerprint density at radius 2 is 2.05 bits per heavy atom. The quantitative estimate of drug-likeness (QED) is 0.854. The largest absolute Gasteiger partial charge is 0.497 e. The number of anilines is 1. The molecule has 0 spiro atoms. The molecule has 0 heterocycles. The number of hydrogen-bond donors (Lipinski definition) is 1. The fourth-order valence-corrected chi connectivity index (χ4v) is 2.50. The Morgan fingerprint density at radius 3 is 2.71 bits per heavy atom. The molecule has 0 saturated carbocycles. The van der Waals surface area contributed by atoms with Crippen molar-refractivity contribution >= 4 is 34.5 Å². The molecule has 0 saturated heterocycles. The van der Waals surface area contributed by atoms with E-state index in [1.165, 1.54) is 0 Å². The summed E-state index contributed by atoms with van der Waals surface area (Å²) in [5.74, 6) is 0.839. The molecule has 2 aromatic carbocycles. The number of ether oxygens (including phenoxy) is 1. The molecule has 21 heavy (non-hydrogen) atoms. The molecule has 0 aliphatic carbocycles. The van der Waals surface area contributed by atoms with Crippen LogP contribution in [-0.2, 0) is 6.54 Å². The Morgan fingerprint density at radius 1 is 1.29 bits per heavy atom. The van der Waals surface area contributed by atoms with Crippen molar-refractivity contribution in [2.24, 2.45) is 5.73 Å². The van der Waals surface area contributed by atoms with E-state index in [0.29, 0.717) is 16.6 Å². The van der Waals surface area contributed by atoms with Crippen molar-refractivity contribution in [1.29, 1.82) is 0 Å². The molecular formula is C16H17ClN2OS. The van der Waals surface area contributed by atoms with Crippen molar-refractivity contribution in [1.82, 2.24) is 0 Å². The lowest BCUT2D eigenvalue weighted by atomic mass is 10.1. The second-order valence-corrected chi connectivity index (χ2v) is 5.61. The molecule has 110 valence electrons. The van der Waals surface area contributed by atoms with Gasteiger partial charge in [0.25, 0.3) is 0 Å². The molecule has 0 atom stereocenters. The van der Waals surface area contributed by atoms with Crippen LogP contribution in [0.15, 0.2) is 42.5 Å². The molecule has 2 N–H and O–H groups in total. The number of methoxy groups -OCH3 is 1. The fourth-order valence-electron chi connectivity index (χ4n) is 2.17. The summed E-state index contributed by atoms with van der Waals surface area (Å²) in [6, 6.07) is 13.5. The number of nitrogens with zero attached hydrogens (tertiary/aromatic N) is 1. The molecule has 3 nitrogen and oxygen atoms in total. The summed E-state index contributed by atoms with van der Waals surface area (Å²) in [5, 5.41) is 0.622. The summed E-state index contributed by atoms with van der Waals surface area (Å²) in [4.78, 5) is 2.42. The van der Waals surface area contributed by atoms with Gasteiger partial charge in [0.05, 0.1) is 7.11 Å². The Hall–Kier alpha value is -1.78. The van der Waals surface area contributed by atoms with Gasteiger partial charge in [-0.05, 0) is 35.9 Å². The highest BCUT2D eigenvalue weighted by atomic mass is 35.5. The van der Waals surface area contributed by atoms with E-state index in [-0.39, 0.29) is 0 Å². The summed E-state index contributed by atoms with van der Waals surface area (Å²) in [7, 11) is 3.65. The van der Waals surface area contributed by atoms with Gasteiger partial charge in [-0.25, -0.2) is 0 Å². The van der Waals surface area contributed by atoms with Crippen LogP contribution < -0.4 is 15.4 Å². The van der Waals surface area contributed by atoms with E-state index in [1.807, 2.05) is 37.4 Å². The Balaban J connectivity index is 2.27. The second kappa shape index (κ2) is 6.78. The van der Waals surface area contributed by atoms with E-state index in [0.717, 1.165) is 22.6 Å². The molecule has 0 aliphatic rings. The minimum Gasteiger partial charge on any atom is -0.497 e. The number of hydrogen-bond acceptors (Lipinski definition) is 3. The maximum absolute atomic E-state index is 6.02. The first-order valence-electron chi connectivity index (χ1n) is 6.44. The van der Waals surface area contributed by atoms with Gasteiger partial charge in [0.15, 0.2) is 0 Å². The monoisotopic (exact) mass is 320 g/mol. The summed E-state index contributed by atoms with van der Waals surface area (Å²) in [5.41, 5.74) is 8.66. The first-order valence-corrected chi connectivity index (χ1v) is 7.23. The summed E-state index contributed by atoms with van der Waals surface area (Å²) in [6.45, 7) is 0.717. The van der Waals surface area contributed by atoms with E-state index < -0.39 is 0 Å². The van der Waals surface area contributed by atoms with Crippen molar-refractivity contribution < 1.29 is 4.74 Å². The summed E-state index contributed by atoms with van der Waals surface area (Å²) in [6.07, 6.45) is 0. The number of halogens is 1. The average molecular weight is 321 g/mol. The maximum Gasteiger partial charge on any atom is 0.119 e. The Bertz CT molecular complexity index is 660. The van der Waals surface area contributed by atoms with Gasteiger partial charge in [0.1, 0.15) is 10.7 Å². The second-order valence-electron chi connectivity index (χ2n) is 4.73. The van der Waals surface area contributed by atoms with Crippen LogP contribution in [0.2, 0.25) is 5.02 Å². The molecule has 0 radical (unpaired) electrons. The fraction of sp³-hybridized carbons (Fsp3) is 0.188. The standard InChI is InChI=1S/C16H17ClN2OS/c1-19(10-11-4-3-5-13(8-11)20-2)15-7-6-12(17)9-14(15)16(18)21/h3-9H,10H2,1-2H3,(H2,18,21). The SMILES string of the molecule is COc1cccc(CN(C)c2ccc(Cl)cc2C(N)=S)c1. The van der Waals surface area contributed by atoms with Crippen molar-refractivity contribution in [2.45, 2.75) is 6.54 Å². The topological polar surface area (TPSA) is 38.5 Å². The van der Waals surface area contributed by atoms with E-state index >= 15 is 0 Å². The number of thiocarbonyl (C=S) groups is 1. The molecule has 5 heteroatoms. The molecule has 2 aromatic rings. The lowest BCUT2D eigenvalue weighted by Crippen LogP contribution is -2.21. The van der Waals surface area contributed by atoms with Gasteiger partial charge in [0, 0.05) is 29.9 Å². The lowest BCUT2D eigenvalue weighted by Gasteiger charge is -2.22. The van der Waals surface area contributed by atoms with Crippen LogP contribution in [0.5, 0.6) is 5.75 Å². The van der Waals surface area contributed by atoms with Crippen LogP contribution in [-0.4, -0.2) is 19.1 Å². The average Bonchev–Trinajstić information content (AvgIpc) is 2.47. The molecule has 0 amide bonds. The third-order valence-electron chi connectivity index (χ3n) is 3.19. The minimum absolute atomic E-state index is 0.338. The van der Waals surface area contributed by atoms with Gasteiger partial charge in [0.2, 0.25) is 0 Å².